The number of rotatable bonds is 3. The van der Waals surface area contributed by atoms with Crippen molar-refractivity contribution in [2.45, 2.75) is 6.54 Å². The molecule has 0 N–H and O–H groups in total. The molecule has 3 rings (SSSR count). The molecular weight excluding hydrogens is 279 g/mol. The van der Waals surface area contributed by atoms with Gasteiger partial charge in [-0.1, -0.05) is 11.6 Å². The van der Waals surface area contributed by atoms with Crippen LogP contribution in [0, 0.1) is 5.82 Å². The first-order valence-electron chi connectivity index (χ1n) is 5.95. The Balaban J connectivity index is 1.97. The van der Waals surface area contributed by atoms with E-state index in [4.69, 9.17) is 11.6 Å². The lowest BCUT2D eigenvalue weighted by atomic mass is 10.2. The Morgan fingerprint density at radius 1 is 1.15 bits per heavy atom. The molecule has 20 heavy (non-hydrogen) atoms. The largest absolute Gasteiger partial charge is 0.325 e. The Kier molecular flexibility index (Phi) is 3.43. The summed E-state index contributed by atoms with van der Waals surface area (Å²) >= 11 is 6.08. The van der Waals surface area contributed by atoms with Gasteiger partial charge in [-0.2, -0.15) is 0 Å². The molecule has 0 unspecified atom stereocenters. The summed E-state index contributed by atoms with van der Waals surface area (Å²) in [5, 5.41) is 0.519. The molecule has 0 radical (unpaired) electrons. The molecular formula is C14H10ClFN4. The Morgan fingerprint density at radius 2 is 2.05 bits per heavy atom. The highest BCUT2D eigenvalue weighted by molar-refractivity contribution is 6.31. The third-order valence-corrected chi connectivity index (χ3v) is 3.22. The highest BCUT2D eigenvalue weighted by atomic mass is 35.5. The maximum absolute atomic E-state index is 13.3. The lowest BCUT2D eigenvalue weighted by Gasteiger charge is -2.09. The van der Waals surface area contributed by atoms with Gasteiger partial charge in [0.1, 0.15) is 11.5 Å². The third-order valence-electron chi connectivity index (χ3n) is 2.86. The SMILES string of the molecule is Fc1ccc(Cl)c(Cn2ccnc2-c2cnccn2)c1. The van der Waals surface area contributed by atoms with Crippen molar-refractivity contribution < 1.29 is 4.39 Å². The van der Waals surface area contributed by atoms with Crippen molar-refractivity contribution in [3.05, 3.63) is 65.6 Å². The topological polar surface area (TPSA) is 43.6 Å². The number of imidazole rings is 1. The van der Waals surface area contributed by atoms with Crippen LogP contribution >= 0.6 is 11.6 Å². The molecule has 3 aromatic rings. The van der Waals surface area contributed by atoms with Gasteiger partial charge in [0.25, 0.3) is 0 Å². The van der Waals surface area contributed by atoms with Crippen LogP contribution < -0.4 is 0 Å². The van der Waals surface area contributed by atoms with Gasteiger partial charge in [-0.15, -0.1) is 0 Å². The van der Waals surface area contributed by atoms with Gasteiger partial charge in [0.15, 0.2) is 5.82 Å². The van der Waals surface area contributed by atoms with Crippen molar-refractivity contribution in [2.24, 2.45) is 0 Å². The first-order valence-corrected chi connectivity index (χ1v) is 6.33. The Morgan fingerprint density at radius 3 is 2.85 bits per heavy atom. The van der Waals surface area contributed by atoms with E-state index in [1.807, 2.05) is 4.57 Å². The predicted octanol–water partition coefficient (Wildman–Crippen LogP) is 3.18. The number of benzene rings is 1. The Labute approximate surface area is 119 Å². The van der Waals surface area contributed by atoms with Gasteiger partial charge < -0.3 is 4.57 Å². The predicted molar refractivity (Wildman–Crippen MR) is 73.8 cm³/mol. The van der Waals surface area contributed by atoms with E-state index in [0.29, 0.717) is 28.6 Å². The second-order valence-electron chi connectivity index (χ2n) is 4.21. The number of nitrogens with zero attached hydrogens (tertiary/aromatic N) is 4. The summed E-state index contributed by atoms with van der Waals surface area (Å²) in [7, 11) is 0. The first-order chi connectivity index (χ1) is 9.74. The van der Waals surface area contributed by atoms with Gasteiger partial charge in [0.2, 0.25) is 0 Å². The highest BCUT2D eigenvalue weighted by Gasteiger charge is 2.10. The van der Waals surface area contributed by atoms with E-state index < -0.39 is 0 Å². The highest BCUT2D eigenvalue weighted by Crippen LogP contribution is 2.21. The van der Waals surface area contributed by atoms with E-state index in [-0.39, 0.29) is 5.82 Å². The van der Waals surface area contributed by atoms with Gasteiger partial charge in [-0.3, -0.25) is 4.98 Å². The summed E-state index contributed by atoms with van der Waals surface area (Å²) in [6.45, 7) is 0.419. The van der Waals surface area contributed by atoms with Crippen molar-refractivity contribution in [3.63, 3.8) is 0 Å². The number of halogens is 2. The zero-order valence-electron chi connectivity index (χ0n) is 10.4. The molecule has 0 saturated heterocycles. The summed E-state index contributed by atoms with van der Waals surface area (Å²) in [5.41, 5.74) is 1.35. The number of hydrogen-bond donors (Lipinski definition) is 0. The second-order valence-corrected chi connectivity index (χ2v) is 4.61. The van der Waals surface area contributed by atoms with Gasteiger partial charge in [-0.25, -0.2) is 14.4 Å². The molecule has 0 spiro atoms. The quantitative estimate of drug-likeness (QED) is 0.743. The average molecular weight is 289 g/mol. The number of aromatic nitrogens is 4. The first kappa shape index (κ1) is 12.7. The lowest BCUT2D eigenvalue weighted by Crippen LogP contribution is -2.03. The van der Waals surface area contributed by atoms with Crippen molar-refractivity contribution in [1.29, 1.82) is 0 Å². The smallest absolute Gasteiger partial charge is 0.160 e. The van der Waals surface area contributed by atoms with Crippen LogP contribution in [0.4, 0.5) is 4.39 Å². The fourth-order valence-electron chi connectivity index (χ4n) is 1.93. The van der Waals surface area contributed by atoms with Crippen LogP contribution in [0.25, 0.3) is 11.5 Å². The van der Waals surface area contributed by atoms with Crippen LogP contribution in [0.2, 0.25) is 5.02 Å². The maximum atomic E-state index is 13.3. The zero-order valence-corrected chi connectivity index (χ0v) is 11.1. The van der Waals surface area contributed by atoms with Gasteiger partial charge >= 0.3 is 0 Å². The molecule has 2 aromatic heterocycles. The molecule has 100 valence electrons. The van der Waals surface area contributed by atoms with Crippen molar-refractivity contribution in [1.82, 2.24) is 19.5 Å². The molecule has 0 saturated carbocycles. The summed E-state index contributed by atoms with van der Waals surface area (Å²) in [6.07, 6.45) is 8.29. The van der Waals surface area contributed by atoms with Gasteiger partial charge in [-0.05, 0) is 23.8 Å². The monoisotopic (exact) mass is 288 g/mol. The second kappa shape index (κ2) is 5.38. The summed E-state index contributed by atoms with van der Waals surface area (Å²) in [4.78, 5) is 12.5. The van der Waals surface area contributed by atoms with Crippen molar-refractivity contribution in [3.8, 4) is 11.5 Å². The molecule has 0 aliphatic heterocycles. The van der Waals surface area contributed by atoms with E-state index in [9.17, 15) is 4.39 Å². The minimum atomic E-state index is -0.314. The van der Waals surface area contributed by atoms with Crippen molar-refractivity contribution >= 4 is 11.6 Å². The van der Waals surface area contributed by atoms with Crippen molar-refractivity contribution in [2.75, 3.05) is 0 Å². The Bertz CT molecular complexity index is 727. The maximum Gasteiger partial charge on any atom is 0.160 e. The standard InChI is InChI=1S/C14H10ClFN4/c15-12-2-1-11(16)7-10(12)9-20-6-5-19-14(20)13-8-17-3-4-18-13/h1-8H,9H2. The zero-order chi connectivity index (χ0) is 13.9. The minimum Gasteiger partial charge on any atom is -0.325 e. The summed E-state index contributed by atoms with van der Waals surface area (Å²) in [5.74, 6) is 0.351. The number of hydrogen-bond acceptors (Lipinski definition) is 3. The van der Waals surface area contributed by atoms with E-state index in [2.05, 4.69) is 15.0 Å². The third kappa shape index (κ3) is 2.53. The normalized spacial score (nSPS) is 10.7. The van der Waals surface area contributed by atoms with E-state index in [1.54, 1.807) is 37.1 Å². The summed E-state index contributed by atoms with van der Waals surface area (Å²) in [6, 6.07) is 4.30. The molecule has 0 bridgehead atoms. The van der Waals surface area contributed by atoms with E-state index in [1.165, 1.54) is 12.1 Å². The lowest BCUT2D eigenvalue weighted by molar-refractivity contribution is 0.623. The van der Waals surface area contributed by atoms with Crippen LogP contribution in [0.3, 0.4) is 0 Å². The molecule has 6 heteroatoms. The van der Waals surface area contributed by atoms with Crippen LogP contribution in [0.5, 0.6) is 0 Å². The van der Waals surface area contributed by atoms with E-state index in [0.717, 1.165) is 0 Å². The molecule has 1 aromatic carbocycles. The molecule has 0 aliphatic rings. The van der Waals surface area contributed by atoms with Crippen LogP contribution in [0.15, 0.2) is 49.2 Å². The molecule has 0 fully saturated rings. The van der Waals surface area contributed by atoms with Crippen LogP contribution in [0.1, 0.15) is 5.56 Å². The van der Waals surface area contributed by atoms with Crippen LogP contribution in [-0.2, 0) is 6.54 Å². The fourth-order valence-corrected chi connectivity index (χ4v) is 2.11. The molecule has 4 nitrogen and oxygen atoms in total. The molecule has 0 aliphatic carbocycles. The van der Waals surface area contributed by atoms with Crippen LogP contribution in [-0.4, -0.2) is 19.5 Å². The fraction of sp³-hybridized carbons (Fsp3) is 0.0714. The minimum absolute atomic E-state index is 0.314. The molecule has 0 amide bonds. The molecule has 2 heterocycles. The van der Waals surface area contributed by atoms with Gasteiger partial charge in [0.05, 0.1) is 12.7 Å². The van der Waals surface area contributed by atoms with E-state index >= 15 is 0 Å². The van der Waals surface area contributed by atoms with Gasteiger partial charge in [0, 0.05) is 29.8 Å². The Hall–Kier alpha value is -2.27. The average Bonchev–Trinajstić information content (AvgIpc) is 2.92. The summed E-state index contributed by atoms with van der Waals surface area (Å²) < 4.78 is 15.1. The molecule has 0 atom stereocenters.